The van der Waals surface area contributed by atoms with Crippen molar-refractivity contribution in [2.45, 2.75) is 12.7 Å². The minimum atomic E-state index is -3.03. The molecule has 2 N–H and O–H groups in total. The largest absolute Gasteiger partial charge is 0.369 e. The highest BCUT2D eigenvalue weighted by Gasteiger charge is 2.30. The zero-order valence-corrected chi connectivity index (χ0v) is 16.5. The zero-order chi connectivity index (χ0) is 21.3. The summed E-state index contributed by atoms with van der Waals surface area (Å²) in [5.74, 6) is 0.449. The van der Waals surface area contributed by atoms with Gasteiger partial charge in [-0.2, -0.15) is 5.26 Å². The molecular weight excluding hydrogens is 417 g/mol. The van der Waals surface area contributed by atoms with Crippen molar-refractivity contribution in [1.29, 1.82) is 5.26 Å². The summed E-state index contributed by atoms with van der Waals surface area (Å²) in [6.07, 6.45) is -3.49. The molecule has 3 heterocycles. The number of pyridine rings is 1. The zero-order valence-electron chi connectivity index (χ0n) is 15.7. The van der Waals surface area contributed by atoms with Crippen LogP contribution in [0.25, 0.3) is 10.9 Å². The summed E-state index contributed by atoms with van der Waals surface area (Å²) < 4.78 is 38.8. The molecule has 0 aliphatic carbocycles. The molecule has 0 spiro atoms. The Kier molecular flexibility index (Phi) is 5.70. The van der Waals surface area contributed by atoms with Gasteiger partial charge >= 0.3 is 0 Å². The summed E-state index contributed by atoms with van der Waals surface area (Å²) >= 11 is 6.31. The topological polar surface area (TPSA) is 71.0 Å². The fraction of sp³-hybridized carbons (Fsp3) is 0.300. The summed E-state index contributed by atoms with van der Waals surface area (Å²) in [6.45, 7) is 1.05. The van der Waals surface area contributed by atoms with Gasteiger partial charge in [-0.3, -0.25) is 4.90 Å². The van der Waals surface area contributed by atoms with E-state index < -0.39 is 12.7 Å². The first-order valence-electron chi connectivity index (χ1n) is 9.31. The molecule has 1 aliphatic rings. The summed E-state index contributed by atoms with van der Waals surface area (Å²) in [5, 5.41) is 14.0. The van der Waals surface area contributed by atoms with Gasteiger partial charge < -0.3 is 15.2 Å². The lowest BCUT2D eigenvalue weighted by Gasteiger charge is -2.37. The van der Waals surface area contributed by atoms with Crippen LogP contribution < -0.4 is 10.2 Å². The van der Waals surface area contributed by atoms with Crippen molar-refractivity contribution < 1.29 is 13.2 Å². The number of rotatable bonds is 5. The van der Waals surface area contributed by atoms with Crippen LogP contribution >= 0.6 is 11.6 Å². The molecule has 1 fully saturated rings. The molecular formula is C20H18ClF3N6. The number of aromatic nitrogens is 2. The molecule has 1 saturated heterocycles. The lowest BCUT2D eigenvalue weighted by molar-refractivity contribution is -0.0505. The van der Waals surface area contributed by atoms with Gasteiger partial charge in [0.2, 0.25) is 6.30 Å². The first-order valence-corrected chi connectivity index (χ1v) is 9.69. The molecule has 0 amide bonds. The second-order valence-corrected chi connectivity index (χ2v) is 7.37. The van der Waals surface area contributed by atoms with Crippen molar-refractivity contribution in [2.24, 2.45) is 0 Å². The molecule has 10 heteroatoms. The summed E-state index contributed by atoms with van der Waals surface area (Å²) in [4.78, 5) is 10.4. The van der Waals surface area contributed by atoms with Crippen molar-refractivity contribution in [3.05, 3.63) is 47.2 Å². The number of halogens is 4. The van der Waals surface area contributed by atoms with Crippen molar-refractivity contribution >= 4 is 39.7 Å². The first kappa shape index (κ1) is 20.3. The maximum atomic E-state index is 13.6. The number of H-pyrrole nitrogens is 1. The van der Waals surface area contributed by atoms with Gasteiger partial charge in [-0.05, 0) is 24.3 Å². The van der Waals surface area contributed by atoms with E-state index in [2.05, 4.69) is 15.3 Å². The Hall–Kier alpha value is -2.96. The lowest BCUT2D eigenvalue weighted by Crippen LogP contribution is -2.51. The maximum absolute atomic E-state index is 13.6. The van der Waals surface area contributed by atoms with Crippen LogP contribution in [0.5, 0.6) is 0 Å². The minimum absolute atomic E-state index is 0.164. The van der Waals surface area contributed by atoms with Crippen LogP contribution in [-0.4, -0.2) is 53.8 Å². The van der Waals surface area contributed by atoms with Crippen molar-refractivity contribution in [1.82, 2.24) is 14.9 Å². The van der Waals surface area contributed by atoms with E-state index in [1.54, 1.807) is 24.4 Å². The van der Waals surface area contributed by atoms with Crippen LogP contribution in [0, 0.1) is 11.3 Å². The number of anilines is 3. The fourth-order valence-corrected chi connectivity index (χ4v) is 3.83. The molecule has 4 rings (SSSR count). The number of nitrogens with zero attached hydrogens (tertiary/aromatic N) is 4. The van der Waals surface area contributed by atoms with Crippen LogP contribution in [0.3, 0.4) is 0 Å². The van der Waals surface area contributed by atoms with E-state index >= 15 is 0 Å². The summed E-state index contributed by atoms with van der Waals surface area (Å²) in [7, 11) is 0. The number of benzene rings is 1. The molecule has 0 bridgehead atoms. The van der Waals surface area contributed by atoms with Gasteiger partial charge in [0.15, 0.2) is 0 Å². The number of aromatic amines is 1. The van der Waals surface area contributed by atoms with E-state index in [0.29, 0.717) is 35.3 Å². The molecule has 2 aromatic heterocycles. The maximum Gasteiger partial charge on any atom is 0.282 e. The number of alkyl halides is 3. The number of hydrogen-bond donors (Lipinski definition) is 2. The molecule has 1 aliphatic heterocycles. The third kappa shape index (κ3) is 4.15. The Labute approximate surface area is 175 Å². The van der Waals surface area contributed by atoms with Gasteiger partial charge in [0, 0.05) is 60.7 Å². The van der Waals surface area contributed by atoms with Gasteiger partial charge in [0.25, 0.3) is 6.43 Å². The van der Waals surface area contributed by atoms with Crippen LogP contribution in [0.4, 0.5) is 30.4 Å². The smallest absolute Gasteiger partial charge is 0.282 e. The summed E-state index contributed by atoms with van der Waals surface area (Å²) in [6, 6.07) is 11.0. The van der Waals surface area contributed by atoms with Gasteiger partial charge in [-0.15, -0.1) is 0 Å². The number of fused-ring (bicyclic) bond motifs is 1. The monoisotopic (exact) mass is 434 g/mol. The SMILES string of the molecule is N#Cc1cc(N2CCN(C(F)C(F)F)CC2)cc(Nc2cc(Cl)c3cc[nH]c3c2)n1. The van der Waals surface area contributed by atoms with E-state index in [9.17, 15) is 18.4 Å². The van der Waals surface area contributed by atoms with Gasteiger partial charge in [-0.1, -0.05) is 11.6 Å². The second-order valence-electron chi connectivity index (χ2n) is 6.96. The Morgan fingerprint density at radius 1 is 1.13 bits per heavy atom. The average Bonchev–Trinajstić information content (AvgIpc) is 3.22. The third-order valence-corrected chi connectivity index (χ3v) is 5.36. The highest BCUT2D eigenvalue weighted by Crippen LogP contribution is 2.30. The van der Waals surface area contributed by atoms with Crippen LogP contribution in [0.2, 0.25) is 5.02 Å². The summed E-state index contributed by atoms with van der Waals surface area (Å²) in [5.41, 5.74) is 2.48. The second kappa shape index (κ2) is 8.42. The lowest BCUT2D eigenvalue weighted by atomic mass is 10.2. The van der Waals surface area contributed by atoms with Gasteiger partial charge in [0.05, 0.1) is 5.02 Å². The molecule has 30 heavy (non-hydrogen) atoms. The first-order chi connectivity index (χ1) is 14.4. The Morgan fingerprint density at radius 3 is 2.60 bits per heavy atom. The Balaban J connectivity index is 1.54. The van der Waals surface area contributed by atoms with Crippen LogP contribution in [-0.2, 0) is 0 Å². The molecule has 156 valence electrons. The van der Waals surface area contributed by atoms with Crippen molar-refractivity contribution in [3.8, 4) is 6.07 Å². The predicted octanol–water partition coefficient (Wildman–Crippen LogP) is 4.51. The molecule has 6 nitrogen and oxygen atoms in total. The molecule has 1 atom stereocenters. The van der Waals surface area contributed by atoms with Crippen LogP contribution in [0.1, 0.15) is 5.69 Å². The van der Waals surface area contributed by atoms with Crippen molar-refractivity contribution in [2.75, 3.05) is 36.4 Å². The highest BCUT2D eigenvalue weighted by atomic mass is 35.5. The van der Waals surface area contributed by atoms with Gasteiger partial charge in [0.1, 0.15) is 17.6 Å². The highest BCUT2D eigenvalue weighted by molar-refractivity contribution is 6.35. The Bertz CT molecular complexity index is 1090. The fourth-order valence-electron chi connectivity index (χ4n) is 3.55. The molecule has 1 unspecified atom stereocenters. The van der Waals surface area contributed by atoms with E-state index in [-0.39, 0.29) is 18.8 Å². The van der Waals surface area contributed by atoms with Crippen LogP contribution in [0.15, 0.2) is 36.5 Å². The standard InChI is InChI=1S/C20H18ClF3N6/c21-16-8-12(9-17-15(16)1-2-26-17)27-18-10-14(7-13(11-25)28-18)29-3-5-30(6-4-29)20(24)19(22)23/h1-2,7-10,19-20,26H,3-6H2,(H,27,28). The Morgan fingerprint density at radius 2 is 1.90 bits per heavy atom. The van der Waals surface area contributed by atoms with Gasteiger partial charge in [-0.25, -0.2) is 18.2 Å². The quantitative estimate of drug-likeness (QED) is 0.578. The molecule has 0 saturated carbocycles. The number of nitriles is 1. The van der Waals surface area contributed by atoms with Crippen molar-refractivity contribution in [3.63, 3.8) is 0 Å². The minimum Gasteiger partial charge on any atom is -0.369 e. The number of piperazine rings is 1. The van der Waals surface area contributed by atoms with E-state index in [1.807, 2.05) is 23.1 Å². The molecule has 1 aromatic carbocycles. The van der Waals surface area contributed by atoms with E-state index in [0.717, 1.165) is 15.8 Å². The third-order valence-electron chi connectivity index (χ3n) is 5.05. The molecule has 3 aromatic rings. The predicted molar refractivity (Wildman–Crippen MR) is 110 cm³/mol. The normalized spacial score (nSPS) is 16.1. The average molecular weight is 435 g/mol. The van der Waals surface area contributed by atoms with E-state index in [4.69, 9.17) is 11.6 Å². The number of nitrogens with one attached hydrogen (secondary N) is 2. The molecule has 0 radical (unpaired) electrons. The van der Waals surface area contributed by atoms with E-state index in [1.165, 1.54) is 0 Å². The number of hydrogen-bond acceptors (Lipinski definition) is 5.